The molecular weight excluding hydrogens is 335 g/mol. The Balaban J connectivity index is 0.00000192. The third-order valence-corrected chi connectivity index (χ3v) is 4.25. The number of halogens is 2. The molecule has 1 aliphatic heterocycles. The number of hydrogen-bond acceptors (Lipinski definition) is 3. The first kappa shape index (κ1) is 17.8. The second-order valence-electron chi connectivity index (χ2n) is 5.46. The first-order valence-corrected chi connectivity index (χ1v) is 7.89. The lowest BCUT2D eigenvalue weighted by Crippen LogP contribution is -2.32. The van der Waals surface area contributed by atoms with E-state index in [9.17, 15) is 4.79 Å². The highest BCUT2D eigenvalue weighted by atomic mass is 35.5. The van der Waals surface area contributed by atoms with Crippen LogP contribution in [0.4, 0.5) is 0 Å². The molecule has 1 aromatic carbocycles. The van der Waals surface area contributed by atoms with Crippen LogP contribution in [0.2, 0.25) is 5.02 Å². The fourth-order valence-corrected chi connectivity index (χ4v) is 2.83. The summed E-state index contributed by atoms with van der Waals surface area (Å²) >= 11 is 6.08. The van der Waals surface area contributed by atoms with Crippen LogP contribution in [0.3, 0.4) is 0 Å². The van der Waals surface area contributed by atoms with Crippen LogP contribution in [0.5, 0.6) is 0 Å². The number of rotatable bonds is 4. The van der Waals surface area contributed by atoms with Crippen LogP contribution in [0, 0.1) is 0 Å². The van der Waals surface area contributed by atoms with Gasteiger partial charge >= 0.3 is 0 Å². The van der Waals surface area contributed by atoms with Gasteiger partial charge in [0, 0.05) is 24.3 Å². The van der Waals surface area contributed by atoms with Crippen molar-refractivity contribution in [3.63, 3.8) is 0 Å². The molecule has 23 heavy (non-hydrogen) atoms. The van der Waals surface area contributed by atoms with Crippen molar-refractivity contribution in [2.45, 2.75) is 25.4 Å². The molecule has 5 nitrogen and oxygen atoms in total. The van der Waals surface area contributed by atoms with Gasteiger partial charge in [-0.1, -0.05) is 29.8 Å². The van der Waals surface area contributed by atoms with E-state index in [4.69, 9.17) is 11.6 Å². The monoisotopic (exact) mass is 354 g/mol. The zero-order valence-corrected chi connectivity index (χ0v) is 14.2. The molecule has 124 valence electrons. The minimum absolute atomic E-state index is 0. The summed E-state index contributed by atoms with van der Waals surface area (Å²) in [5, 5.41) is 11.3. The number of carbonyl (C=O) groups excluding carboxylic acids is 1. The van der Waals surface area contributed by atoms with E-state index >= 15 is 0 Å². The SMILES string of the molecule is Cl.O=C(NCc1ccccc1Cl)c1ccn(C2CCCNC2)n1. The molecule has 0 radical (unpaired) electrons. The number of carbonyl (C=O) groups is 1. The van der Waals surface area contributed by atoms with Crippen LogP contribution < -0.4 is 10.6 Å². The number of aromatic nitrogens is 2. The molecule has 1 fully saturated rings. The van der Waals surface area contributed by atoms with Gasteiger partial charge in [-0.25, -0.2) is 0 Å². The number of amides is 1. The first-order chi connectivity index (χ1) is 10.7. The average Bonchev–Trinajstić information content (AvgIpc) is 3.05. The van der Waals surface area contributed by atoms with Gasteiger partial charge in [-0.15, -0.1) is 12.4 Å². The second-order valence-corrected chi connectivity index (χ2v) is 5.86. The molecule has 1 atom stereocenters. The summed E-state index contributed by atoms with van der Waals surface area (Å²) in [5.41, 5.74) is 1.34. The molecular formula is C16H20Cl2N4O. The number of nitrogens with one attached hydrogen (secondary N) is 2. The largest absolute Gasteiger partial charge is 0.347 e. The Morgan fingerprint density at radius 2 is 2.22 bits per heavy atom. The Hall–Kier alpha value is -1.56. The van der Waals surface area contributed by atoms with E-state index < -0.39 is 0 Å². The van der Waals surface area contributed by atoms with E-state index in [1.807, 2.05) is 35.1 Å². The highest BCUT2D eigenvalue weighted by Crippen LogP contribution is 2.16. The van der Waals surface area contributed by atoms with Crippen molar-refractivity contribution in [1.29, 1.82) is 0 Å². The maximum Gasteiger partial charge on any atom is 0.272 e. The molecule has 3 rings (SSSR count). The molecule has 1 aliphatic rings. The Labute approximate surface area is 146 Å². The smallest absolute Gasteiger partial charge is 0.272 e. The summed E-state index contributed by atoms with van der Waals surface area (Å²) in [6.45, 7) is 2.36. The number of hydrogen-bond donors (Lipinski definition) is 2. The summed E-state index contributed by atoms with van der Waals surface area (Å²) in [7, 11) is 0. The average molecular weight is 355 g/mol. The molecule has 1 unspecified atom stereocenters. The second kappa shape index (κ2) is 8.34. The Bertz CT molecular complexity index is 653. The van der Waals surface area contributed by atoms with Crippen molar-refractivity contribution in [3.05, 3.63) is 52.8 Å². The predicted molar refractivity (Wildman–Crippen MR) is 93.2 cm³/mol. The molecule has 1 aromatic heterocycles. The molecule has 0 bridgehead atoms. The zero-order valence-electron chi connectivity index (χ0n) is 12.7. The van der Waals surface area contributed by atoms with Gasteiger partial charge in [-0.2, -0.15) is 5.10 Å². The van der Waals surface area contributed by atoms with Gasteiger partial charge < -0.3 is 10.6 Å². The third kappa shape index (κ3) is 4.47. The summed E-state index contributed by atoms with van der Waals surface area (Å²) in [6.07, 6.45) is 4.11. The molecule has 1 saturated heterocycles. The van der Waals surface area contributed by atoms with Crippen molar-refractivity contribution in [1.82, 2.24) is 20.4 Å². The number of benzene rings is 1. The van der Waals surface area contributed by atoms with Gasteiger partial charge in [-0.3, -0.25) is 9.48 Å². The minimum Gasteiger partial charge on any atom is -0.347 e. The van der Waals surface area contributed by atoms with Crippen molar-refractivity contribution in [2.24, 2.45) is 0 Å². The minimum atomic E-state index is -0.178. The van der Waals surface area contributed by atoms with Crippen LogP contribution in [0.15, 0.2) is 36.5 Å². The first-order valence-electron chi connectivity index (χ1n) is 7.51. The molecule has 2 heterocycles. The molecule has 0 spiro atoms. The van der Waals surface area contributed by atoms with Crippen LogP contribution in [0.1, 0.15) is 34.9 Å². The quantitative estimate of drug-likeness (QED) is 0.887. The molecule has 2 N–H and O–H groups in total. The number of nitrogens with zero attached hydrogens (tertiary/aromatic N) is 2. The third-order valence-electron chi connectivity index (χ3n) is 3.88. The fourth-order valence-electron chi connectivity index (χ4n) is 2.63. The van der Waals surface area contributed by atoms with Crippen molar-refractivity contribution < 1.29 is 4.79 Å². The Morgan fingerprint density at radius 1 is 1.39 bits per heavy atom. The molecule has 0 saturated carbocycles. The van der Waals surface area contributed by atoms with Gasteiger partial charge in [0.2, 0.25) is 0 Å². The number of piperidine rings is 1. The normalized spacial score (nSPS) is 17.3. The lowest BCUT2D eigenvalue weighted by Gasteiger charge is -2.22. The van der Waals surface area contributed by atoms with Crippen LogP contribution >= 0.6 is 24.0 Å². The maximum atomic E-state index is 12.2. The van der Waals surface area contributed by atoms with Crippen molar-refractivity contribution in [3.8, 4) is 0 Å². The predicted octanol–water partition coefficient (Wildman–Crippen LogP) is 2.81. The van der Waals surface area contributed by atoms with E-state index in [0.717, 1.165) is 31.5 Å². The topological polar surface area (TPSA) is 59.0 Å². The Kier molecular flexibility index (Phi) is 6.45. The Morgan fingerprint density at radius 3 is 2.96 bits per heavy atom. The van der Waals surface area contributed by atoms with E-state index in [1.165, 1.54) is 0 Å². The van der Waals surface area contributed by atoms with E-state index in [0.29, 0.717) is 23.3 Å². The van der Waals surface area contributed by atoms with Gasteiger partial charge in [0.05, 0.1) is 6.04 Å². The molecule has 7 heteroatoms. The standard InChI is InChI=1S/C16H19ClN4O.ClH/c17-14-6-2-1-4-12(14)10-19-16(22)15-7-9-21(20-15)13-5-3-8-18-11-13;/h1-2,4,6-7,9,13,18H,3,5,8,10-11H2,(H,19,22);1H. The van der Waals surface area contributed by atoms with Crippen molar-refractivity contribution in [2.75, 3.05) is 13.1 Å². The molecule has 2 aromatic rings. The van der Waals surface area contributed by atoms with Crippen molar-refractivity contribution >= 4 is 29.9 Å². The molecule has 0 aliphatic carbocycles. The van der Waals surface area contributed by atoms with Gasteiger partial charge in [-0.05, 0) is 37.1 Å². The lowest BCUT2D eigenvalue weighted by molar-refractivity contribution is 0.0944. The van der Waals surface area contributed by atoms with E-state index in [2.05, 4.69) is 15.7 Å². The highest BCUT2D eigenvalue weighted by molar-refractivity contribution is 6.31. The van der Waals surface area contributed by atoms with Gasteiger partial charge in [0.15, 0.2) is 0 Å². The summed E-state index contributed by atoms with van der Waals surface area (Å²) in [4.78, 5) is 12.2. The maximum absolute atomic E-state index is 12.2. The van der Waals surface area contributed by atoms with E-state index in [1.54, 1.807) is 6.07 Å². The lowest BCUT2D eigenvalue weighted by atomic mass is 10.1. The summed E-state index contributed by atoms with van der Waals surface area (Å²) < 4.78 is 1.89. The van der Waals surface area contributed by atoms with Crippen LogP contribution in [0.25, 0.3) is 0 Å². The van der Waals surface area contributed by atoms with Crippen LogP contribution in [-0.4, -0.2) is 28.8 Å². The zero-order chi connectivity index (χ0) is 15.4. The van der Waals surface area contributed by atoms with Crippen LogP contribution in [-0.2, 0) is 6.54 Å². The highest BCUT2D eigenvalue weighted by Gasteiger charge is 2.17. The van der Waals surface area contributed by atoms with Gasteiger partial charge in [0.1, 0.15) is 5.69 Å². The van der Waals surface area contributed by atoms with E-state index in [-0.39, 0.29) is 18.3 Å². The fraction of sp³-hybridized carbons (Fsp3) is 0.375. The summed E-state index contributed by atoms with van der Waals surface area (Å²) in [5.74, 6) is -0.178. The molecule has 1 amide bonds. The summed E-state index contributed by atoms with van der Waals surface area (Å²) in [6, 6.07) is 9.57. The van der Waals surface area contributed by atoms with Gasteiger partial charge in [0.25, 0.3) is 5.91 Å².